The van der Waals surface area contributed by atoms with Crippen LogP contribution >= 0.6 is 0 Å². The number of rotatable bonds is 7. The van der Waals surface area contributed by atoms with Crippen LogP contribution in [-0.4, -0.2) is 48.5 Å². The molecule has 0 amide bonds. The molecule has 0 saturated carbocycles. The van der Waals surface area contributed by atoms with Gasteiger partial charge in [0.15, 0.2) is 6.29 Å². The van der Waals surface area contributed by atoms with Crippen molar-refractivity contribution in [1.82, 2.24) is 9.78 Å². The first-order chi connectivity index (χ1) is 10.2. The predicted molar refractivity (Wildman–Crippen MR) is 74.2 cm³/mol. The number of nitrogens with zero attached hydrogens (tertiary/aromatic N) is 2. The zero-order valence-electron chi connectivity index (χ0n) is 12.5. The number of ether oxygens (including phenoxy) is 4. The second-order valence-corrected chi connectivity index (χ2v) is 4.73. The highest BCUT2D eigenvalue weighted by Gasteiger charge is 2.16. The molecule has 0 N–H and O–H groups in total. The van der Waals surface area contributed by atoms with Crippen molar-refractivity contribution in [2.45, 2.75) is 32.5 Å². The highest BCUT2D eigenvalue weighted by Crippen LogP contribution is 2.14. The van der Waals surface area contributed by atoms with E-state index < -0.39 is 5.97 Å². The van der Waals surface area contributed by atoms with E-state index in [1.165, 1.54) is 4.68 Å². The first-order valence-corrected chi connectivity index (χ1v) is 7.28. The van der Waals surface area contributed by atoms with Crippen molar-refractivity contribution in [3.63, 3.8) is 0 Å². The molecule has 7 nitrogen and oxygen atoms in total. The maximum atomic E-state index is 11.6. The largest absolute Gasteiger partial charge is 0.474 e. The van der Waals surface area contributed by atoms with Gasteiger partial charge in [0.25, 0.3) is 0 Å². The van der Waals surface area contributed by atoms with E-state index in [1.54, 1.807) is 20.0 Å². The van der Waals surface area contributed by atoms with Crippen molar-refractivity contribution in [2.75, 3.05) is 26.4 Å². The summed E-state index contributed by atoms with van der Waals surface area (Å²) in [6, 6.07) is 1.56. The van der Waals surface area contributed by atoms with Crippen molar-refractivity contribution >= 4 is 5.97 Å². The van der Waals surface area contributed by atoms with Gasteiger partial charge in [0.2, 0.25) is 5.88 Å². The molecule has 1 aliphatic heterocycles. The molecule has 7 heteroatoms. The molecule has 118 valence electrons. The highest BCUT2D eigenvalue weighted by molar-refractivity contribution is 5.87. The molecule has 2 heterocycles. The molecule has 1 aromatic rings. The fourth-order valence-electron chi connectivity index (χ4n) is 2.08. The maximum absolute atomic E-state index is 11.6. The van der Waals surface area contributed by atoms with Crippen molar-refractivity contribution in [3.8, 4) is 5.88 Å². The van der Waals surface area contributed by atoms with Gasteiger partial charge in [0.1, 0.15) is 12.3 Å². The minimum atomic E-state index is -0.408. The summed E-state index contributed by atoms with van der Waals surface area (Å²) in [6.45, 7) is 3.63. The molecule has 1 saturated heterocycles. The molecule has 1 aliphatic rings. The molecule has 1 atom stereocenters. The maximum Gasteiger partial charge on any atom is 0.356 e. The van der Waals surface area contributed by atoms with Gasteiger partial charge in [0, 0.05) is 19.7 Å². The average molecular weight is 298 g/mol. The Hall–Kier alpha value is -1.60. The van der Waals surface area contributed by atoms with Gasteiger partial charge in [-0.15, -0.1) is 5.10 Å². The van der Waals surface area contributed by atoms with Crippen LogP contribution in [-0.2, 0) is 21.3 Å². The van der Waals surface area contributed by atoms with Crippen molar-refractivity contribution in [3.05, 3.63) is 11.8 Å². The van der Waals surface area contributed by atoms with Crippen LogP contribution in [0.3, 0.4) is 0 Å². The van der Waals surface area contributed by atoms with Gasteiger partial charge in [-0.3, -0.25) is 4.68 Å². The number of aryl methyl sites for hydroxylation is 1. The minimum absolute atomic E-state index is 0.124. The van der Waals surface area contributed by atoms with E-state index in [0.717, 1.165) is 25.9 Å². The van der Waals surface area contributed by atoms with Crippen LogP contribution in [0.15, 0.2) is 6.07 Å². The van der Waals surface area contributed by atoms with Crippen molar-refractivity contribution in [2.24, 2.45) is 7.05 Å². The standard InChI is InChI=1S/C14H22N2O5/c1-3-18-14(17)11-10-12(15-16(11)2)19-8-9-21-13-6-4-5-7-20-13/h10,13H,3-9H2,1-2H3. The second kappa shape index (κ2) is 7.99. The number of esters is 1. The Kier molecular flexibility index (Phi) is 6.01. The zero-order chi connectivity index (χ0) is 15.1. The van der Waals surface area contributed by atoms with Gasteiger partial charge < -0.3 is 18.9 Å². The Balaban J connectivity index is 1.73. The van der Waals surface area contributed by atoms with Crippen LogP contribution in [0, 0.1) is 0 Å². The van der Waals surface area contributed by atoms with E-state index in [1.807, 2.05) is 0 Å². The first-order valence-electron chi connectivity index (χ1n) is 7.28. The van der Waals surface area contributed by atoms with E-state index in [0.29, 0.717) is 31.4 Å². The summed E-state index contributed by atoms with van der Waals surface area (Å²) in [5, 5.41) is 4.11. The van der Waals surface area contributed by atoms with Gasteiger partial charge >= 0.3 is 5.97 Å². The third-order valence-electron chi connectivity index (χ3n) is 3.12. The Morgan fingerprint density at radius 3 is 3.05 bits per heavy atom. The summed E-state index contributed by atoms with van der Waals surface area (Å²) >= 11 is 0. The summed E-state index contributed by atoms with van der Waals surface area (Å²) in [4.78, 5) is 11.6. The topological polar surface area (TPSA) is 71.8 Å². The van der Waals surface area contributed by atoms with Crippen LogP contribution in [0.5, 0.6) is 5.88 Å². The highest BCUT2D eigenvalue weighted by atomic mass is 16.7. The summed E-state index contributed by atoms with van der Waals surface area (Å²) in [5.41, 5.74) is 0.364. The van der Waals surface area contributed by atoms with Gasteiger partial charge in [-0.25, -0.2) is 4.79 Å². The van der Waals surface area contributed by atoms with Crippen LogP contribution in [0.4, 0.5) is 0 Å². The summed E-state index contributed by atoms with van der Waals surface area (Å²) in [7, 11) is 1.67. The Bertz CT molecular complexity index is 454. The molecule has 1 unspecified atom stereocenters. The molecule has 21 heavy (non-hydrogen) atoms. The normalized spacial score (nSPS) is 18.5. The fraction of sp³-hybridized carbons (Fsp3) is 0.714. The van der Waals surface area contributed by atoms with Crippen LogP contribution < -0.4 is 4.74 Å². The summed E-state index contributed by atoms with van der Waals surface area (Å²) in [6.07, 6.45) is 3.04. The molecule has 1 fully saturated rings. The van der Waals surface area contributed by atoms with E-state index in [-0.39, 0.29) is 6.29 Å². The Morgan fingerprint density at radius 1 is 1.48 bits per heavy atom. The van der Waals surface area contributed by atoms with Gasteiger partial charge in [0.05, 0.1) is 13.2 Å². The summed E-state index contributed by atoms with van der Waals surface area (Å²) in [5.74, 6) is -0.0251. The molecular formula is C14H22N2O5. The van der Waals surface area contributed by atoms with E-state index in [2.05, 4.69) is 5.10 Å². The van der Waals surface area contributed by atoms with Crippen molar-refractivity contribution in [1.29, 1.82) is 0 Å². The van der Waals surface area contributed by atoms with Crippen LogP contribution in [0.2, 0.25) is 0 Å². The summed E-state index contributed by atoms with van der Waals surface area (Å²) < 4.78 is 22.8. The lowest BCUT2D eigenvalue weighted by Gasteiger charge is -2.22. The number of carbonyl (C=O) groups excluding carboxylic acids is 1. The fourth-order valence-corrected chi connectivity index (χ4v) is 2.08. The molecule has 0 bridgehead atoms. The number of hydrogen-bond donors (Lipinski definition) is 0. The third kappa shape index (κ3) is 4.71. The molecule has 0 radical (unpaired) electrons. The number of carbonyl (C=O) groups is 1. The first kappa shape index (κ1) is 15.8. The van der Waals surface area contributed by atoms with Crippen LogP contribution in [0.25, 0.3) is 0 Å². The SMILES string of the molecule is CCOC(=O)c1cc(OCCOC2CCCCO2)nn1C. The monoisotopic (exact) mass is 298 g/mol. The van der Waals surface area contributed by atoms with Crippen molar-refractivity contribution < 1.29 is 23.7 Å². The number of aromatic nitrogens is 2. The lowest BCUT2D eigenvalue weighted by atomic mass is 10.2. The van der Waals surface area contributed by atoms with E-state index >= 15 is 0 Å². The molecule has 0 aromatic carbocycles. The molecule has 1 aromatic heterocycles. The van der Waals surface area contributed by atoms with Crippen LogP contribution in [0.1, 0.15) is 36.7 Å². The lowest BCUT2D eigenvalue weighted by molar-refractivity contribution is -0.165. The molecule has 2 rings (SSSR count). The zero-order valence-corrected chi connectivity index (χ0v) is 12.5. The lowest BCUT2D eigenvalue weighted by Crippen LogP contribution is -2.24. The number of hydrogen-bond acceptors (Lipinski definition) is 6. The third-order valence-corrected chi connectivity index (χ3v) is 3.12. The predicted octanol–water partition coefficient (Wildman–Crippen LogP) is 1.52. The Labute approximate surface area is 124 Å². The minimum Gasteiger partial charge on any atom is -0.474 e. The van der Waals surface area contributed by atoms with Gasteiger partial charge in [-0.2, -0.15) is 0 Å². The molecule has 0 aliphatic carbocycles. The quantitative estimate of drug-likeness (QED) is 0.561. The molecular weight excluding hydrogens is 276 g/mol. The van der Waals surface area contributed by atoms with Gasteiger partial charge in [-0.05, 0) is 26.2 Å². The van der Waals surface area contributed by atoms with E-state index in [9.17, 15) is 4.79 Å². The van der Waals surface area contributed by atoms with E-state index in [4.69, 9.17) is 18.9 Å². The smallest absolute Gasteiger partial charge is 0.356 e. The average Bonchev–Trinajstić information content (AvgIpc) is 2.86. The second-order valence-electron chi connectivity index (χ2n) is 4.73. The molecule has 0 spiro atoms. The van der Waals surface area contributed by atoms with Gasteiger partial charge in [-0.1, -0.05) is 0 Å². The Morgan fingerprint density at radius 2 is 2.33 bits per heavy atom.